The fraction of sp³-hybridized carbons (Fsp3) is 0.0476. The number of ether oxygens (including phenoxy) is 2. The highest BCUT2D eigenvalue weighted by molar-refractivity contribution is 5.95. The first-order valence-corrected chi connectivity index (χ1v) is 15.1. The van der Waals surface area contributed by atoms with Crippen molar-refractivity contribution < 1.29 is 9.47 Å². The first-order chi connectivity index (χ1) is 22.1. The molecule has 0 bridgehead atoms. The third-order valence-electron chi connectivity index (χ3n) is 9.11. The second kappa shape index (κ2) is 10.1. The van der Waals surface area contributed by atoms with Crippen molar-refractivity contribution in [2.75, 3.05) is 4.90 Å². The minimum Gasteiger partial charge on any atom is -0.449 e. The summed E-state index contributed by atoms with van der Waals surface area (Å²) in [5.74, 6) is 2.72. The van der Waals surface area contributed by atoms with Gasteiger partial charge < -0.3 is 14.4 Å². The van der Waals surface area contributed by atoms with E-state index in [0.717, 1.165) is 17.1 Å². The van der Waals surface area contributed by atoms with E-state index < -0.39 is 5.41 Å². The van der Waals surface area contributed by atoms with Crippen LogP contribution in [-0.4, -0.2) is 0 Å². The van der Waals surface area contributed by atoms with Crippen LogP contribution >= 0.6 is 0 Å². The summed E-state index contributed by atoms with van der Waals surface area (Å²) in [5, 5.41) is 0. The van der Waals surface area contributed by atoms with Gasteiger partial charge in [-0.3, -0.25) is 0 Å². The van der Waals surface area contributed by atoms with Crippen LogP contribution in [0.1, 0.15) is 29.2 Å². The molecule has 5 aromatic carbocycles. The van der Waals surface area contributed by atoms with E-state index in [0.29, 0.717) is 23.0 Å². The molecule has 1 heterocycles. The molecule has 1 spiro atoms. The Hall–Kier alpha value is -5.80. The molecule has 0 unspecified atom stereocenters. The van der Waals surface area contributed by atoms with Crippen LogP contribution in [0.4, 0.5) is 5.69 Å². The summed E-state index contributed by atoms with van der Waals surface area (Å²) in [5.41, 5.74) is 12.2. The van der Waals surface area contributed by atoms with Crippen molar-refractivity contribution in [3.05, 3.63) is 187 Å². The summed E-state index contributed by atoms with van der Waals surface area (Å²) in [6, 6.07) is 36.7. The average molecular weight is 582 g/mol. The Kier molecular flexibility index (Phi) is 6.04. The summed E-state index contributed by atoms with van der Waals surface area (Å²) in [4.78, 5) is 2.06. The van der Waals surface area contributed by atoms with Crippen molar-refractivity contribution in [1.29, 1.82) is 0 Å². The zero-order valence-corrected chi connectivity index (χ0v) is 25.1. The average Bonchev–Trinajstić information content (AvgIpc) is 3.52. The van der Waals surface area contributed by atoms with E-state index in [-0.39, 0.29) is 0 Å². The normalized spacial score (nSPS) is 14.3. The Balaban J connectivity index is 1.29. The van der Waals surface area contributed by atoms with Crippen LogP contribution in [0.5, 0.6) is 23.0 Å². The Morgan fingerprint density at radius 2 is 1.18 bits per heavy atom. The Labute approximate surface area is 264 Å². The molecular formula is C42H31NO2. The Morgan fingerprint density at radius 1 is 0.622 bits per heavy atom. The number of benzene rings is 5. The molecule has 0 N–H and O–H groups in total. The van der Waals surface area contributed by atoms with Crippen molar-refractivity contribution in [3.63, 3.8) is 0 Å². The molecule has 0 saturated heterocycles. The number of anilines is 1. The monoisotopic (exact) mass is 581 g/mol. The van der Waals surface area contributed by atoms with Gasteiger partial charge in [0.2, 0.25) is 0 Å². The van der Waals surface area contributed by atoms with E-state index in [1.165, 1.54) is 44.5 Å². The van der Waals surface area contributed by atoms with Gasteiger partial charge in [0.15, 0.2) is 23.0 Å². The van der Waals surface area contributed by atoms with E-state index in [1.807, 2.05) is 43.4 Å². The van der Waals surface area contributed by atoms with Crippen molar-refractivity contribution in [2.45, 2.75) is 12.3 Å². The molecule has 0 fully saturated rings. The highest BCUT2D eigenvalue weighted by Gasteiger charge is 2.52. The minimum absolute atomic E-state index is 0.446. The maximum atomic E-state index is 6.72. The zero-order valence-electron chi connectivity index (χ0n) is 25.1. The molecule has 0 aromatic heterocycles. The summed E-state index contributed by atoms with van der Waals surface area (Å²) in [7, 11) is 0. The van der Waals surface area contributed by atoms with Crippen molar-refractivity contribution in [3.8, 4) is 45.3 Å². The Bertz CT molecular complexity index is 2100. The molecule has 8 rings (SSSR count). The van der Waals surface area contributed by atoms with Gasteiger partial charge in [0, 0.05) is 23.1 Å². The van der Waals surface area contributed by atoms with E-state index in [1.54, 1.807) is 12.2 Å². The van der Waals surface area contributed by atoms with Crippen LogP contribution in [0, 0.1) is 0 Å². The molecule has 0 amide bonds. The molecular weight excluding hydrogens is 550 g/mol. The summed E-state index contributed by atoms with van der Waals surface area (Å²) in [6.45, 7) is 14.0. The van der Waals surface area contributed by atoms with Crippen LogP contribution in [0.3, 0.4) is 0 Å². The predicted octanol–water partition coefficient (Wildman–Crippen LogP) is 11.1. The second-order valence-electron chi connectivity index (χ2n) is 11.5. The van der Waals surface area contributed by atoms with Gasteiger partial charge in [-0.1, -0.05) is 111 Å². The standard InChI is InChI=1S/C42H31NO2/c1-5-7-15-28(4)43(27(3)14-6-2)29-22-23-38-39(24-29)45-41-26-37-33(25-40(41)44-38)32-18-10-13-21-36(32)42(37)34-19-11-8-16-30(34)31-17-9-12-20-35(31)42/h5-26H,1-2,4H2,3H3/b15-7-,27-14+. The third kappa shape index (κ3) is 3.77. The van der Waals surface area contributed by atoms with E-state index in [2.05, 4.69) is 110 Å². The summed E-state index contributed by atoms with van der Waals surface area (Å²) in [6.07, 6.45) is 9.27. The lowest BCUT2D eigenvalue weighted by atomic mass is 9.70. The van der Waals surface area contributed by atoms with Gasteiger partial charge >= 0.3 is 0 Å². The molecule has 0 radical (unpaired) electrons. The van der Waals surface area contributed by atoms with Crippen molar-refractivity contribution in [2.24, 2.45) is 0 Å². The maximum absolute atomic E-state index is 6.72. The van der Waals surface area contributed by atoms with Crippen molar-refractivity contribution >= 4 is 5.69 Å². The molecule has 5 aromatic rings. The van der Waals surface area contributed by atoms with Gasteiger partial charge in [-0.05, 0) is 87.8 Å². The van der Waals surface area contributed by atoms with Crippen LogP contribution in [-0.2, 0) is 5.41 Å². The van der Waals surface area contributed by atoms with Gasteiger partial charge in [-0.25, -0.2) is 0 Å². The topological polar surface area (TPSA) is 21.7 Å². The van der Waals surface area contributed by atoms with Crippen LogP contribution in [0.15, 0.2) is 165 Å². The molecule has 3 nitrogen and oxygen atoms in total. The number of hydrogen-bond donors (Lipinski definition) is 0. The number of fused-ring (bicyclic) bond motifs is 12. The first kappa shape index (κ1) is 26.8. The molecule has 3 aliphatic rings. The van der Waals surface area contributed by atoms with Gasteiger partial charge in [0.25, 0.3) is 0 Å². The van der Waals surface area contributed by atoms with E-state index in [4.69, 9.17) is 9.47 Å². The molecule has 2 aliphatic carbocycles. The molecule has 45 heavy (non-hydrogen) atoms. The molecule has 0 atom stereocenters. The number of rotatable bonds is 6. The van der Waals surface area contributed by atoms with Crippen LogP contribution < -0.4 is 14.4 Å². The van der Waals surface area contributed by atoms with Crippen LogP contribution in [0.2, 0.25) is 0 Å². The summed E-state index contributed by atoms with van der Waals surface area (Å²) < 4.78 is 13.3. The SMILES string of the molecule is C=C/C=C\C(=C)N(/C(C)=C/C=C)c1ccc2c(c1)Oc1cc3c(cc1O2)-c1ccccc1C31c2ccccc2-c2ccccc21. The van der Waals surface area contributed by atoms with Crippen LogP contribution in [0.25, 0.3) is 22.3 Å². The van der Waals surface area contributed by atoms with Gasteiger partial charge in [0.1, 0.15) is 0 Å². The minimum atomic E-state index is -0.446. The second-order valence-corrected chi connectivity index (χ2v) is 11.5. The lowest BCUT2D eigenvalue weighted by molar-refractivity contribution is 0.359. The van der Waals surface area contributed by atoms with Gasteiger partial charge in [0.05, 0.1) is 5.41 Å². The molecule has 216 valence electrons. The highest BCUT2D eigenvalue weighted by Crippen LogP contribution is 2.64. The largest absolute Gasteiger partial charge is 0.449 e. The first-order valence-electron chi connectivity index (χ1n) is 15.1. The maximum Gasteiger partial charge on any atom is 0.172 e. The fourth-order valence-corrected chi connectivity index (χ4v) is 7.39. The summed E-state index contributed by atoms with van der Waals surface area (Å²) >= 11 is 0. The van der Waals surface area contributed by atoms with E-state index >= 15 is 0 Å². The molecule has 3 heteroatoms. The number of hydrogen-bond acceptors (Lipinski definition) is 3. The van der Waals surface area contributed by atoms with E-state index in [9.17, 15) is 0 Å². The van der Waals surface area contributed by atoms with Gasteiger partial charge in [-0.2, -0.15) is 0 Å². The third-order valence-corrected chi connectivity index (χ3v) is 9.11. The smallest absolute Gasteiger partial charge is 0.172 e. The lowest BCUT2D eigenvalue weighted by Crippen LogP contribution is -2.25. The number of nitrogens with zero attached hydrogens (tertiary/aromatic N) is 1. The molecule has 0 saturated carbocycles. The predicted molar refractivity (Wildman–Crippen MR) is 184 cm³/mol. The zero-order chi connectivity index (χ0) is 30.7. The lowest BCUT2D eigenvalue weighted by Gasteiger charge is -2.31. The fourth-order valence-electron chi connectivity index (χ4n) is 7.39. The number of allylic oxidation sites excluding steroid dienone is 6. The quantitative estimate of drug-likeness (QED) is 0.182. The Morgan fingerprint density at radius 3 is 1.80 bits per heavy atom. The van der Waals surface area contributed by atoms with Crippen molar-refractivity contribution in [1.82, 2.24) is 0 Å². The molecule has 1 aliphatic heterocycles. The van der Waals surface area contributed by atoms with Gasteiger partial charge in [-0.15, -0.1) is 0 Å². The highest BCUT2D eigenvalue weighted by atomic mass is 16.6.